The number of aryl methyl sites for hydroxylation is 2. The molecule has 3 unspecified atom stereocenters. The Morgan fingerprint density at radius 3 is 1.08 bits per heavy atom. The van der Waals surface area contributed by atoms with Crippen LogP contribution in [0.2, 0.25) is 0 Å². The average molecular weight is 1730 g/mol. The van der Waals surface area contributed by atoms with E-state index in [1.54, 1.807) is 0 Å². The van der Waals surface area contributed by atoms with Crippen LogP contribution >= 0.6 is 0 Å². The van der Waals surface area contributed by atoms with Crippen LogP contribution in [0.15, 0.2) is 144 Å². The second-order valence-corrected chi connectivity index (χ2v) is 26.1. The maximum absolute atomic E-state index is 14.4. The number of carbonyl (C=O) groups is 5. The molecule has 640 valence electrons. The fourth-order valence-corrected chi connectivity index (χ4v) is 12.1. The van der Waals surface area contributed by atoms with E-state index >= 15 is 0 Å². The number of fused-ring (bicyclic) bond motifs is 3. The van der Waals surface area contributed by atoms with Crippen LogP contribution < -0.4 is 11.1 Å². The molecule has 21 nitrogen and oxygen atoms in total. The number of hydrogen-bond donors (Lipinski definition) is 3. The predicted molar refractivity (Wildman–Crippen MR) is 355 cm³/mol. The van der Waals surface area contributed by atoms with Crippen molar-refractivity contribution >= 4 is 63.5 Å². The van der Waals surface area contributed by atoms with E-state index in [0.29, 0.717) is 18.2 Å². The summed E-state index contributed by atoms with van der Waals surface area (Å²) in [6.07, 6.45) is -44.5. The number of oxime groups is 3. The lowest BCUT2D eigenvalue weighted by molar-refractivity contribution is -0.276. The summed E-state index contributed by atoms with van der Waals surface area (Å²) >= 11 is 0. The molecule has 0 aliphatic carbocycles. The van der Waals surface area contributed by atoms with Crippen LogP contribution in [0, 0.1) is 13.8 Å². The number of methoxy groups -OCH3 is 1. The van der Waals surface area contributed by atoms with Gasteiger partial charge in [-0.25, -0.2) is 24.5 Å². The van der Waals surface area contributed by atoms with E-state index in [0.717, 1.165) is 52.3 Å². The molecule has 0 bridgehead atoms. The summed E-state index contributed by atoms with van der Waals surface area (Å²) in [5, 5.41) is 21.9. The molecule has 1 amide bonds. The van der Waals surface area contributed by atoms with Crippen molar-refractivity contribution in [3.63, 3.8) is 0 Å². The number of aromatic carboxylic acids is 1. The number of esters is 1. The van der Waals surface area contributed by atoms with Crippen LogP contribution in [0.5, 0.6) is 0 Å². The first kappa shape index (κ1) is 90.9. The summed E-state index contributed by atoms with van der Waals surface area (Å²) in [7, 11) is 1.09. The highest BCUT2D eigenvalue weighted by Gasteiger charge is 2.66. The second-order valence-electron chi connectivity index (χ2n) is 26.1. The summed E-state index contributed by atoms with van der Waals surface area (Å²) in [5.41, 5.74) is -16.4. The van der Waals surface area contributed by atoms with Crippen molar-refractivity contribution < 1.29 is 167 Å². The number of hydrogen-bond acceptors (Lipinski definition) is 16. The molecule has 0 radical (unpaired) electrons. The Kier molecular flexibility index (Phi) is 25.2. The van der Waals surface area contributed by atoms with E-state index in [2.05, 4.69) is 45.3 Å². The lowest BCUT2D eigenvalue weighted by Gasteiger charge is -2.30. The molecular weight excluding hydrogens is 1680 g/mol. The summed E-state index contributed by atoms with van der Waals surface area (Å²) in [6.45, 7) is 1.45. The molecule has 0 fully saturated rings. The van der Waals surface area contributed by atoms with Gasteiger partial charge < -0.3 is 35.4 Å². The van der Waals surface area contributed by atoms with Crippen LogP contribution in [0.25, 0.3) is 16.9 Å². The molecule has 3 aliphatic rings. The number of rotatable bonds is 16. The van der Waals surface area contributed by atoms with Gasteiger partial charge in [0.25, 0.3) is 22.7 Å². The third-order valence-electron chi connectivity index (χ3n) is 17.8. The van der Waals surface area contributed by atoms with E-state index < -0.39 is 198 Å². The molecule has 9 heterocycles. The molecule has 48 heteroatoms. The number of nitrogens with one attached hydrogen (secondary N) is 1. The summed E-state index contributed by atoms with van der Waals surface area (Å²) in [5.74, 6) is -4.40. The molecule has 6 aromatic heterocycles. The number of alkyl halides is 27. The van der Waals surface area contributed by atoms with Gasteiger partial charge in [-0.3, -0.25) is 27.6 Å². The molecule has 0 saturated heterocycles. The minimum atomic E-state index is -5.48. The van der Waals surface area contributed by atoms with E-state index in [9.17, 15) is 148 Å². The zero-order valence-electron chi connectivity index (χ0n) is 59.9. The highest BCUT2D eigenvalue weighted by atomic mass is 19.4. The summed E-state index contributed by atoms with van der Waals surface area (Å²) in [6, 6.07) is 10.8. The molecule has 3 atom stereocenters. The number of carboxylic acids is 1. The SMILES string of the molecule is COC(=O)c1ccc(C2=NOC(c3cc(C(F)(F)F)cc(C(F)(F)F)c3)(C(F)(F)F)C2)c2nccn12.Cc1cc(C(F)(F)F)cc(C2(C(F)(F)F)CC(c3ccc(C(=O)NCC(=O)CCC(F)(F)F)n4ccnc34)=NO2)c1.Cc1cc(C(F)(F)F)cc(C2(C(F)(F)F)CC(c3ccc(C(=O)O)n4ccnc34)=NO2)c1.NCC(=O)CCC(F)(F)F. The Hall–Kier alpha value is -12.0. The third kappa shape index (κ3) is 19.9. The van der Waals surface area contributed by atoms with Crippen LogP contribution in [0.3, 0.4) is 0 Å². The summed E-state index contributed by atoms with van der Waals surface area (Å²) in [4.78, 5) is 84.1. The van der Waals surface area contributed by atoms with E-state index in [1.165, 1.54) is 73.6 Å². The molecule has 12 rings (SSSR count). The first-order valence-electron chi connectivity index (χ1n) is 33.3. The number of pyridine rings is 3. The topological polar surface area (TPSA) is 270 Å². The number of carbonyl (C=O) groups excluding carboxylic acids is 4. The fraction of sp³-hybridized carbons (Fsp3) is 0.338. The largest absolute Gasteiger partial charge is 0.477 e. The molecule has 3 aliphatic heterocycles. The number of carboxylic acid groups (broad SMARTS) is 1. The Morgan fingerprint density at radius 1 is 0.445 bits per heavy atom. The fourth-order valence-electron chi connectivity index (χ4n) is 12.1. The zero-order chi connectivity index (χ0) is 88.7. The maximum Gasteiger partial charge on any atom is 0.435 e. The van der Waals surface area contributed by atoms with Crippen molar-refractivity contribution in [2.75, 3.05) is 20.2 Å². The number of imidazole rings is 3. The number of ketones is 2. The number of benzene rings is 3. The quantitative estimate of drug-likeness (QED) is 0.0600. The van der Waals surface area contributed by atoms with Crippen LogP contribution in [-0.2, 0) is 70.3 Å². The number of nitrogens with two attached hydrogens (primary N) is 1. The number of Topliss-reactive ketones (excluding diaryl/α,β-unsaturated/α-hetero) is 2. The number of aromatic nitrogens is 6. The first-order chi connectivity index (χ1) is 54.8. The van der Waals surface area contributed by atoms with Crippen molar-refractivity contribution in [1.82, 2.24) is 33.5 Å². The third-order valence-corrected chi connectivity index (χ3v) is 17.8. The van der Waals surface area contributed by atoms with Gasteiger partial charge in [0.05, 0.1) is 91.7 Å². The van der Waals surface area contributed by atoms with Gasteiger partial charge in [0, 0.05) is 83.4 Å². The van der Waals surface area contributed by atoms with E-state index in [4.69, 9.17) is 15.4 Å². The van der Waals surface area contributed by atoms with Crippen LogP contribution in [-0.4, -0.2) is 131 Å². The molecule has 9 aromatic rings. The van der Waals surface area contributed by atoms with Crippen molar-refractivity contribution in [3.8, 4) is 0 Å². The van der Waals surface area contributed by atoms with Gasteiger partial charge in [-0.1, -0.05) is 38.7 Å². The van der Waals surface area contributed by atoms with Gasteiger partial charge in [0.1, 0.15) is 39.8 Å². The highest BCUT2D eigenvalue weighted by Crippen LogP contribution is 2.54. The van der Waals surface area contributed by atoms with Crippen LogP contribution in [0.4, 0.5) is 119 Å². The Bertz CT molecular complexity index is 5420. The van der Waals surface area contributed by atoms with Gasteiger partial charge in [-0.05, 0) is 92.7 Å². The first-order valence-corrected chi connectivity index (χ1v) is 33.3. The van der Waals surface area contributed by atoms with Gasteiger partial charge in [0.15, 0.2) is 5.78 Å². The van der Waals surface area contributed by atoms with Crippen LogP contribution in [0.1, 0.15) is 143 Å². The number of halogens is 27. The predicted octanol–water partition coefficient (Wildman–Crippen LogP) is 17.4. The second kappa shape index (κ2) is 33.0. The molecule has 0 spiro atoms. The minimum absolute atomic E-state index is 0.0189. The number of ether oxygens (including phenoxy) is 1. The molecular formula is C71H52F27N11O10. The van der Waals surface area contributed by atoms with E-state index in [1.807, 2.05) is 0 Å². The van der Waals surface area contributed by atoms with Gasteiger partial charge in [-0.15, -0.1) is 0 Å². The Labute approximate surface area is 646 Å². The highest BCUT2D eigenvalue weighted by molar-refractivity contribution is 6.09. The minimum Gasteiger partial charge on any atom is -0.477 e. The lowest BCUT2D eigenvalue weighted by Crippen LogP contribution is -2.43. The molecule has 4 N–H and O–H groups in total. The van der Waals surface area contributed by atoms with Gasteiger partial charge in [0.2, 0.25) is 0 Å². The maximum atomic E-state index is 14.4. The zero-order valence-corrected chi connectivity index (χ0v) is 59.9. The normalized spacial score (nSPS) is 18.0. The summed E-state index contributed by atoms with van der Waals surface area (Å²) < 4.78 is 367. The monoisotopic (exact) mass is 1730 g/mol. The standard InChI is InChI=1S/C25H19F9N4O3.C21H12F9N3O3.C20H13F6N3O3.C5H8F3NO/c1-13-8-14(10-15(9-13)24(29,30)31)22(25(32,33)34)11-18(37-41-22)17-2-3-19(38-7-6-35-20(17)38)21(40)36-12-16(39)4-5-23(26,27)28;1-35-17(34)15-3-2-13(16-31-4-5-33(15)16)14-9-18(36-32-14,21(28,29)30)10-6-11(19(22,23)24)8-12(7-10)20(25,26)27;1-10-6-11(8-12(7-10)19(21,22)23)18(20(24,25)26)9-14(28-32-18)13-2-3-15(17(30)31)29-5-4-27-16(13)29;6-5(7,8)2-1-4(10)3-9/h2-3,6-10H,4-5,11-12H2,1H3,(H,36,40);2-8H,9H2,1H3;2-8H,9H2,1H3,(H,30,31);1-3,9H2. The van der Waals surface area contributed by atoms with Crippen molar-refractivity contribution in [2.45, 2.75) is 131 Å². The van der Waals surface area contributed by atoms with Crippen molar-refractivity contribution in [3.05, 3.63) is 212 Å². The number of amides is 1. The van der Waals surface area contributed by atoms with Gasteiger partial charge >= 0.3 is 67.5 Å². The van der Waals surface area contributed by atoms with E-state index in [-0.39, 0.29) is 98.0 Å². The van der Waals surface area contributed by atoms with Gasteiger partial charge in [-0.2, -0.15) is 119 Å². The molecule has 3 aromatic carbocycles. The Balaban J connectivity index is 0.000000193. The average Bonchev–Trinajstić information content (AvgIpc) is 1.62. The smallest absolute Gasteiger partial charge is 0.435 e. The molecule has 0 saturated carbocycles. The number of nitrogens with zero attached hydrogens (tertiary/aromatic N) is 9. The lowest BCUT2D eigenvalue weighted by atomic mass is 9.84. The Morgan fingerprint density at radius 2 is 0.756 bits per heavy atom. The van der Waals surface area contributed by atoms with Crippen molar-refractivity contribution in [2.24, 2.45) is 21.2 Å². The van der Waals surface area contributed by atoms with Crippen molar-refractivity contribution in [1.29, 1.82) is 0 Å². The molecule has 119 heavy (non-hydrogen) atoms.